The van der Waals surface area contributed by atoms with E-state index in [4.69, 9.17) is 16.1 Å². The molecule has 6 heteroatoms. The molecule has 0 aliphatic carbocycles. The topological polar surface area (TPSA) is 51.0 Å². The molecule has 4 nitrogen and oxygen atoms in total. The predicted molar refractivity (Wildman–Crippen MR) is 89.1 cm³/mol. The van der Waals surface area contributed by atoms with Gasteiger partial charge in [0.1, 0.15) is 0 Å². The summed E-state index contributed by atoms with van der Waals surface area (Å²) in [6.45, 7) is 0.747. The highest BCUT2D eigenvalue weighted by atomic mass is 35.5. The Morgan fingerprint density at radius 1 is 1.09 bits per heavy atom. The average Bonchev–Trinajstić information content (AvgIpc) is 3.07. The summed E-state index contributed by atoms with van der Waals surface area (Å²) < 4.78 is 4.75. The molecule has 0 atom stereocenters. The standard InChI is InChI=1S/C16H14ClN3OS/c17-13-7-5-12(6-8-13)9-18-14-3-1-2-4-15(14)22-10-16-19-11-21-20-16/h1-8,11,18H,9-10H2. The summed E-state index contributed by atoms with van der Waals surface area (Å²) in [5, 5.41) is 8.02. The number of benzene rings is 2. The van der Waals surface area contributed by atoms with E-state index in [-0.39, 0.29) is 0 Å². The van der Waals surface area contributed by atoms with Gasteiger partial charge in [-0.05, 0) is 29.8 Å². The largest absolute Gasteiger partial charge is 0.380 e. The van der Waals surface area contributed by atoms with E-state index in [0.717, 1.165) is 22.2 Å². The quantitative estimate of drug-likeness (QED) is 0.667. The summed E-state index contributed by atoms with van der Waals surface area (Å²) in [6, 6.07) is 16.0. The van der Waals surface area contributed by atoms with Crippen molar-refractivity contribution in [2.45, 2.75) is 17.2 Å². The molecule has 0 aliphatic rings. The van der Waals surface area contributed by atoms with Gasteiger partial charge in [0.25, 0.3) is 0 Å². The molecule has 2 aromatic carbocycles. The third-order valence-electron chi connectivity index (χ3n) is 3.05. The Balaban J connectivity index is 1.64. The van der Waals surface area contributed by atoms with Gasteiger partial charge in [-0.25, -0.2) is 0 Å². The fourth-order valence-electron chi connectivity index (χ4n) is 1.94. The molecule has 0 unspecified atom stereocenters. The molecule has 3 rings (SSSR count). The van der Waals surface area contributed by atoms with Crippen molar-refractivity contribution in [3.63, 3.8) is 0 Å². The first kappa shape index (κ1) is 14.9. The van der Waals surface area contributed by atoms with Crippen LogP contribution in [0, 0.1) is 0 Å². The molecule has 0 fully saturated rings. The molecule has 22 heavy (non-hydrogen) atoms. The van der Waals surface area contributed by atoms with E-state index in [1.807, 2.05) is 36.4 Å². The van der Waals surface area contributed by atoms with E-state index in [1.54, 1.807) is 11.8 Å². The molecule has 1 N–H and O–H groups in total. The van der Waals surface area contributed by atoms with Gasteiger partial charge in [-0.1, -0.05) is 41.0 Å². The second-order valence-electron chi connectivity index (χ2n) is 4.61. The first-order valence-electron chi connectivity index (χ1n) is 6.76. The van der Waals surface area contributed by atoms with Crippen molar-refractivity contribution in [2.24, 2.45) is 0 Å². The number of rotatable bonds is 6. The highest BCUT2D eigenvalue weighted by Crippen LogP contribution is 2.29. The third kappa shape index (κ3) is 4.02. The highest BCUT2D eigenvalue weighted by Gasteiger charge is 2.05. The lowest BCUT2D eigenvalue weighted by Gasteiger charge is -2.11. The van der Waals surface area contributed by atoms with Crippen molar-refractivity contribution in [1.82, 2.24) is 10.1 Å². The van der Waals surface area contributed by atoms with Crippen LogP contribution in [-0.4, -0.2) is 10.1 Å². The molecular formula is C16H14ClN3OS. The van der Waals surface area contributed by atoms with Crippen LogP contribution in [0.5, 0.6) is 0 Å². The van der Waals surface area contributed by atoms with Crippen molar-refractivity contribution in [3.8, 4) is 0 Å². The zero-order valence-electron chi connectivity index (χ0n) is 11.7. The van der Waals surface area contributed by atoms with Gasteiger partial charge in [-0.15, -0.1) is 11.8 Å². The molecular weight excluding hydrogens is 318 g/mol. The molecule has 0 spiro atoms. The summed E-state index contributed by atoms with van der Waals surface area (Å²) in [5.74, 6) is 1.37. The fourth-order valence-corrected chi connectivity index (χ4v) is 2.94. The smallest absolute Gasteiger partial charge is 0.213 e. The minimum atomic E-state index is 0.677. The lowest BCUT2D eigenvalue weighted by atomic mass is 10.2. The normalized spacial score (nSPS) is 10.6. The van der Waals surface area contributed by atoms with Crippen molar-refractivity contribution >= 4 is 29.1 Å². The number of aromatic nitrogens is 2. The Morgan fingerprint density at radius 3 is 2.68 bits per heavy atom. The van der Waals surface area contributed by atoms with Crippen molar-refractivity contribution in [3.05, 3.63) is 71.3 Å². The minimum absolute atomic E-state index is 0.677. The van der Waals surface area contributed by atoms with Gasteiger partial charge >= 0.3 is 0 Å². The maximum Gasteiger partial charge on any atom is 0.213 e. The van der Waals surface area contributed by atoms with Crippen LogP contribution in [0.2, 0.25) is 5.02 Å². The number of hydrogen-bond donors (Lipinski definition) is 1. The van der Waals surface area contributed by atoms with Crippen molar-refractivity contribution in [1.29, 1.82) is 0 Å². The maximum absolute atomic E-state index is 5.90. The van der Waals surface area contributed by atoms with Gasteiger partial charge in [-0.3, -0.25) is 0 Å². The minimum Gasteiger partial charge on any atom is -0.380 e. The number of nitrogens with one attached hydrogen (secondary N) is 1. The Hall–Kier alpha value is -1.98. The van der Waals surface area contributed by atoms with Crippen LogP contribution in [-0.2, 0) is 12.3 Å². The lowest BCUT2D eigenvalue weighted by molar-refractivity contribution is 0.412. The van der Waals surface area contributed by atoms with Crippen molar-refractivity contribution < 1.29 is 4.52 Å². The Labute approximate surface area is 137 Å². The number of para-hydroxylation sites is 1. The predicted octanol–water partition coefficient (Wildman–Crippen LogP) is 4.63. The van der Waals surface area contributed by atoms with Gasteiger partial charge in [0.2, 0.25) is 6.39 Å². The van der Waals surface area contributed by atoms with Crippen LogP contribution in [0.1, 0.15) is 11.4 Å². The third-order valence-corrected chi connectivity index (χ3v) is 4.37. The number of thioether (sulfide) groups is 1. The molecule has 0 aliphatic heterocycles. The molecule has 0 bridgehead atoms. The van der Waals surface area contributed by atoms with Gasteiger partial charge in [0, 0.05) is 22.2 Å². The van der Waals surface area contributed by atoms with Gasteiger partial charge in [0.15, 0.2) is 5.82 Å². The zero-order valence-corrected chi connectivity index (χ0v) is 13.3. The Morgan fingerprint density at radius 2 is 1.91 bits per heavy atom. The van der Waals surface area contributed by atoms with Crippen LogP contribution in [0.15, 0.2) is 64.3 Å². The summed E-state index contributed by atoms with van der Waals surface area (Å²) in [7, 11) is 0. The summed E-state index contributed by atoms with van der Waals surface area (Å²) in [4.78, 5) is 5.19. The number of nitrogens with zero attached hydrogens (tertiary/aromatic N) is 2. The first-order chi connectivity index (χ1) is 10.8. The van der Waals surface area contributed by atoms with Crippen LogP contribution >= 0.6 is 23.4 Å². The van der Waals surface area contributed by atoms with Crippen molar-refractivity contribution in [2.75, 3.05) is 5.32 Å². The fraction of sp³-hybridized carbons (Fsp3) is 0.125. The molecule has 3 aromatic rings. The van der Waals surface area contributed by atoms with E-state index in [9.17, 15) is 0 Å². The summed E-state index contributed by atoms with van der Waals surface area (Å²) in [6.07, 6.45) is 1.35. The molecule has 0 amide bonds. The molecule has 1 heterocycles. The lowest BCUT2D eigenvalue weighted by Crippen LogP contribution is -2.00. The molecule has 112 valence electrons. The number of anilines is 1. The molecule has 1 aromatic heterocycles. The van der Waals surface area contributed by atoms with E-state index in [1.165, 1.54) is 12.0 Å². The van der Waals surface area contributed by atoms with Crippen LogP contribution in [0.3, 0.4) is 0 Å². The molecule has 0 radical (unpaired) electrons. The van der Waals surface area contributed by atoms with E-state index < -0.39 is 0 Å². The highest BCUT2D eigenvalue weighted by molar-refractivity contribution is 7.98. The Kier molecular flexibility index (Phi) is 4.98. The van der Waals surface area contributed by atoms with Crippen LogP contribution in [0.4, 0.5) is 5.69 Å². The second kappa shape index (κ2) is 7.33. The zero-order chi connectivity index (χ0) is 15.2. The molecule has 0 saturated carbocycles. The monoisotopic (exact) mass is 331 g/mol. The molecule has 0 saturated heterocycles. The van der Waals surface area contributed by atoms with E-state index >= 15 is 0 Å². The SMILES string of the molecule is Clc1ccc(CNc2ccccc2SCc2ncon2)cc1. The van der Waals surface area contributed by atoms with E-state index in [0.29, 0.717) is 11.6 Å². The number of hydrogen-bond acceptors (Lipinski definition) is 5. The summed E-state index contributed by atoms with van der Waals surface area (Å²) in [5.41, 5.74) is 2.27. The number of halogens is 1. The van der Waals surface area contributed by atoms with Crippen LogP contribution in [0.25, 0.3) is 0 Å². The first-order valence-corrected chi connectivity index (χ1v) is 8.13. The van der Waals surface area contributed by atoms with Gasteiger partial charge < -0.3 is 9.84 Å². The van der Waals surface area contributed by atoms with Crippen LogP contribution < -0.4 is 5.32 Å². The maximum atomic E-state index is 5.90. The van der Waals surface area contributed by atoms with Gasteiger partial charge in [0.05, 0.1) is 5.75 Å². The summed E-state index contributed by atoms with van der Waals surface area (Å²) >= 11 is 7.57. The Bertz CT molecular complexity index is 717. The van der Waals surface area contributed by atoms with Gasteiger partial charge in [-0.2, -0.15) is 4.98 Å². The second-order valence-corrected chi connectivity index (χ2v) is 6.07. The van der Waals surface area contributed by atoms with E-state index in [2.05, 4.69) is 27.6 Å². The average molecular weight is 332 g/mol.